The first-order chi connectivity index (χ1) is 14.1. The summed E-state index contributed by atoms with van der Waals surface area (Å²) in [4.78, 5) is 38.4. The molecule has 29 heavy (non-hydrogen) atoms. The number of anilines is 1. The van der Waals surface area contributed by atoms with Gasteiger partial charge >= 0.3 is 0 Å². The van der Waals surface area contributed by atoms with E-state index in [0.717, 1.165) is 42.8 Å². The molecule has 1 aromatic heterocycles. The minimum Gasteiger partial charge on any atom is -0.373 e. The summed E-state index contributed by atoms with van der Waals surface area (Å²) in [7, 11) is 1.86. The molecule has 1 N–H and O–H groups in total. The molecule has 1 fully saturated rings. The van der Waals surface area contributed by atoms with E-state index >= 15 is 0 Å². The Morgan fingerprint density at radius 1 is 1.10 bits per heavy atom. The van der Waals surface area contributed by atoms with E-state index in [1.165, 1.54) is 0 Å². The van der Waals surface area contributed by atoms with Gasteiger partial charge in [-0.1, -0.05) is 18.2 Å². The highest BCUT2D eigenvalue weighted by Gasteiger charge is 2.32. The van der Waals surface area contributed by atoms with Gasteiger partial charge < -0.3 is 15.1 Å². The predicted molar refractivity (Wildman–Crippen MR) is 110 cm³/mol. The van der Waals surface area contributed by atoms with Crippen LogP contribution in [0.15, 0.2) is 30.3 Å². The van der Waals surface area contributed by atoms with Crippen molar-refractivity contribution in [3.63, 3.8) is 0 Å². The summed E-state index contributed by atoms with van der Waals surface area (Å²) in [6, 6.07) is 9.24. The van der Waals surface area contributed by atoms with Crippen molar-refractivity contribution in [3.8, 4) is 0 Å². The number of nitrogens with one attached hydrogen (secondary N) is 1. The first kappa shape index (κ1) is 19.4. The van der Waals surface area contributed by atoms with E-state index in [9.17, 15) is 9.59 Å². The van der Waals surface area contributed by atoms with Crippen molar-refractivity contribution in [2.45, 2.75) is 45.2 Å². The Balaban J connectivity index is 1.69. The molecule has 1 saturated heterocycles. The SMILES string of the molecule is CNc1nc([C@@H]2CCCCN2C(=O)c2ccccc2)nc2c1CCN(C(C)=O)C2. The first-order valence-electron chi connectivity index (χ1n) is 10.3. The van der Waals surface area contributed by atoms with Crippen molar-refractivity contribution in [1.29, 1.82) is 0 Å². The molecule has 4 rings (SSSR count). The maximum absolute atomic E-state index is 13.2. The Labute approximate surface area is 171 Å². The van der Waals surface area contributed by atoms with E-state index in [0.29, 0.717) is 31.0 Å². The maximum atomic E-state index is 13.2. The molecule has 1 aromatic carbocycles. The lowest BCUT2D eigenvalue weighted by Crippen LogP contribution is -2.40. The van der Waals surface area contributed by atoms with Crippen molar-refractivity contribution in [1.82, 2.24) is 19.8 Å². The smallest absolute Gasteiger partial charge is 0.254 e. The normalized spacial score (nSPS) is 18.9. The summed E-state index contributed by atoms with van der Waals surface area (Å²) in [5.74, 6) is 1.56. The number of fused-ring (bicyclic) bond motifs is 1. The number of piperidine rings is 1. The number of hydrogen-bond donors (Lipinski definition) is 1. The molecule has 2 amide bonds. The van der Waals surface area contributed by atoms with Gasteiger partial charge in [-0.05, 0) is 37.8 Å². The third kappa shape index (κ3) is 3.81. The van der Waals surface area contributed by atoms with Gasteiger partial charge in [-0.3, -0.25) is 9.59 Å². The Hall–Kier alpha value is -2.96. The highest BCUT2D eigenvalue weighted by Crippen LogP contribution is 2.33. The molecule has 0 unspecified atom stereocenters. The molecular weight excluding hydrogens is 366 g/mol. The van der Waals surface area contributed by atoms with E-state index in [1.54, 1.807) is 6.92 Å². The summed E-state index contributed by atoms with van der Waals surface area (Å²) in [5.41, 5.74) is 2.65. The third-order valence-electron chi connectivity index (χ3n) is 5.85. The third-order valence-corrected chi connectivity index (χ3v) is 5.85. The molecule has 7 heteroatoms. The second kappa shape index (κ2) is 8.19. The van der Waals surface area contributed by atoms with Crippen LogP contribution in [0.25, 0.3) is 0 Å². The lowest BCUT2D eigenvalue weighted by molar-refractivity contribution is -0.129. The monoisotopic (exact) mass is 393 g/mol. The number of benzene rings is 1. The van der Waals surface area contributed by atoms with Crippen molar-refractivity contribution in [3.05, 3.63) is 53.0 Å². The topological polar surface area (TPSA) is 78.4 Å². The van der Waals surface area contributed by atoms with Crippen LogP contribution >= 0.6 is 0 Å². The number of nitrogens with zero attached hydrogens (tertiary/aromatic N) is 4. The van der Waals surface area contributed by atoms with E-state index in [-0.39, 0.29) is 17.9 Å². The Morgan fingerprint density at radius 2 is 1.90 bits per heavy atom. The molecular formula is C22H27N5O2. The Morgan fingerprint density at radius 3 is 2.62 bits per heavy atom. The fourth-order valence-corrected chi connectivity index (χ4v) is 4.26. The van der Waals surface area contributed by atoms with Crippen LogP contribution in [0.3, 0.4) is 0 Å². The number of hydrogen-bond acceptors (Lipinski definition) is 5. The van der Waals surface area contributed by atoms with Crippen LogP contribution < -0.4 is 5.32 Å². The van der Waals surface area contributed by atoms with E-state index in [4.69, 9.17) is 9.97 Å². The van der Waals surface area contributed by atoms with Crippen LogP contribution in [0, 0.1) is 0 Å². The zero-order chi connectivity index (χ0) is 20.4. The first-order valence-corrected chi connectivity index (χ1v) is 10.3. The van der Waals surface area contributed by atoms with Gasteiger partial charge in [0, 0.05) is 38.2 Å². The second-order valence-electron chi connectivity index (χ2n) is 7.67. The number of carbonyl (C=O) groups excluding carboxylic acids is 2. The Bertz CT molecular complexity index is 915. The predicted octanol–water partition coefficient (Wildman–Crippen LogP) is 2.79. The number of amides is 2. The van der Waals surface area contributed by atoms with Crippen molar-refractivity contribution in [2.24, 2.45) is 0 Å². The molecule has 2 aliphatic rings. The van der Waals surface area contributed by atoms with Crippen LogP contribution in [0.5, 0.6) is 0 Å². The fourth-order valence-electron chi connectivity index (χ4n) is 4.26. The van der Waals surface area contributed by atoms with E-state index in [1.807, 2.05) is 47.2 Å². The number of rotatable bonds is 3. The van der Waals surface area contributed by atoms with Gasteiger partial charge in [-0.25, -0.2) is 9.97 Å². The van der Waals surface area contributed by atoms with Gasteiger partial charge in [-0.2, -0.15) is 0 Å². The van der Waals surface area contributed by atoms with Crippen LogP contribution in [0.2, 0.25) is 0 Å². The van der Waals surface area contributed by atoms with Gasteiger partial charge in [0.05, 0.1) is 18.3 Å². The van der Waals surface area contributed by atoms with Gasteiger partial charge in [0.2, 0.25) is 5.91 Å². The second-order valence-corrected chi connectivity index (χ2v) is 7.67. The van der Waals surface area contributed by atoms with Gasteiger partial charge in [-0.15, -0.1) is 0 Å². The zero-order valence-corrected chi connectivity index (χ0v) is 17.0. The van der Waals surface area contributed by atoms with Crippen LogP contribution in [-0.2, 0) is 17.8 Å². The molecule has 0 spiro atoms. The summed E-state index contributed by atoms with van der Waals surface area (Å²) < 4.78 is 0. The largest absolute Gasteiger partial charge is 0.373 e. The molecule has 152 valence electrons. The molecule has 0 radical (unpaired) electrons. The summed E-state index contributed by atoms with van der Waals surface area (Å²) >= 11 is 0. The van der Waals surface area contributed by atoms with E-state index < -0.39 is 0 Å². The van der Waals surface area contributed by atoms with Crippen molar-refractivity contribution >= 4 is 17.6 Å². The molecule has 0 saturated carbocycles. The highest BCUT2D eigenvalue weighted by atomic mass is 16.2. The number of carbonyl (C=O) groups is 2. The van der Waals surface area contributed by atoms with Crippen LogP contribution in [-0.4, -0.2) is 51.7 Å². The minimum absolute atomic E-state index is 0.0213. The minimum atomic E-state index is -0.151. The van der Waals surface area contributed by atoms with Gasteiger partial charge in [0.1, 0.15) is 5.82 Å². The van der Waals surface area contributed by atoms with Crippen LogP contribution in [0.1, 0.15) is 59.7 Å². The maximum Gasteiger partial charge on any atom is 0.254 e. The molecule has 2 aromatic rings. The summed E-state index contributed by atoms with van der Waals surface area (Å²) in [6.07, 6.45) is 3.61. The fraction of sp³-hybridized carbons (Fsp3) is 0.455. The molecule has 0 bridgehead atoms. The summed E-state index contributed by atoms with van der Waals surface area (Å²) in [5, 5.41) is 3.20. The highest BCUT2D eigenvalue weighted by molar-refractivity contribution is 5.94. The van der Waals surface area contributed by atoms with Crippen molar-refractivity contribution in [2.75, 3.05) is 25.5 Å². The van der Waals surface area contributed by atoms with Crippen molar-refractivity contribution < 1.29 is 9.59 Å². The van der Waals surface area contributed by atoms with Crippen LogP contribution in [0.4, 0.5) is 5.82 Å². The number of aromatic nitrogens is 2. The Kier molecular flexibility index (Phi) is 5.47. The van der Waals surface area contributed by atoms with Gasteiger partial charge in [0.25, 0.3) is 5.91 Å². The molecule has 1 atom stereocenters. The molecule has 3 heterocycles. The molecule has 2 aliphatic heterocycles. The molecule has 0 aliphatic carbocycles. The van der Waals surface area contributed by atoms with Gasteiger partial charge in [0.15, 0.2) is 5.82 Å². The average molecular weight is 393 g/mol. The summed E-state index contributed by atoms with van der Waals surface area (Å²) in [6.45, 7) is 3.47. The lowest BCUT2D eigenvalue weighted by Gasteiger charge is -2.36. The number of likely N-dealkylation sites (tertiary alicyclic amines) is 1. The standard InChI is InChI=1S/C22H27N5O2/c1-15(28)26-13-11-17-18(14-26)24-21(25-20(17)23-2)19-10-6-7-12-27(19)22(29)16-8-4-3-5-9-16/h3-5,8-9,19H,6-7,10-14H2,1-2H3,(H,23,24,25)/t19-/m0/s1. The quantitative estimate of drug-likeness (QED) is 0.868. The average Bonchev–Trinajstić information content (AvgIpc) is 2.77. The lowest BCUT2D eigenvalue weighted by atomic mass is 9.98. The molecule has 7 nitrogen and oxygen atoms in total. The van der Waals surface area contributed by atoms with E-state index in [2.05, 4.69) is 5.32 Å². The zero-order valence-electron chi connectivity index (χ0n) is 17.0.